The molecule has 0 aliphatic rings. The highest BCUT2D eigenvalue weighted by Gasteiger charge is 2.34. The molecule has 22 heavy (non-hydrogen) atoms. The lowest BCUT2D eigenvalue weighted by Gasteiger charge is -2.12. The molecule has 2 aromatic rings. The van der Waals surface area contributed by atoms with Crippen LogP contribution in [-0.2, 0) is 6.18 Å². The predicted molar refractivity (Wildman–Crippen MR) is 70.7 cm³/mol. The van der Waals surface area contributed by atoms with Crippen LogP contribution in [0.1, 0.15) is 16.7 Å². The largest absolute Gasteiger partial charge is 0.417 e. The summed E-state index contributed by atoms with van der Waals surface area (Å²) in [5.41, 5.74) is 8.92. The first kappa shape index (κ1) is 15.1. The van der Waals surface area contributed by atoms with E-state index in [4.69, 9.17) is 22.0 Å². The Hall–Kier alpha value is -3.33. The number of anilines is 2. The fourth-order valence-corrected chi connectivity index (χ4v) is 1.84. The van der Waals surface area contributed by atoms with Gasteiger partial charge in [0.25, 0.3) is 0 Å². The Labute approximate surface area is 122 Å². The zero-order valence-electron chi connectivity index (χ0n) is 10.8. The lowest BCUT2D eigenvalue weighted by Crippen LogP contribution is -2.09. The van der Waals surface area contributed by atoms with Crippen molar-refractivity contribution >= 4 is 11.8 Å². The molecule has 1 heterocycles. The summed E-state index contributed by atoms with van der Waals surface area (Å²) in [5, 5.41) is 17.8. The molecule has 0 amide bonds. The van der Waals surface area contributed by atoms with Gasteiger partial charge in [0.2, 0.25) is 5.95 Å². The number of halogens is 3. The van der Waals surface area contributed by atoms with Crippen molar-refractivity contribution in [1.29, 1.82) is 10.5 Å². The molecule has 0 bridgehead atoms. The molecule has 1 aromatic heterocycles. The van der Waals surface area contributed by atoms with Crippen LogP contribution in [0.15, 0.2) is 18.2 Å². The highest BCUT2D eigenvalue weighted by Crippen LogP contribution is 2.35. The van der Waals surface area contributed by atoms with Gasteiger partial charge >= 0.3 is 6.18 Å². The Morgan fingerprint density at radius 1 is 1.05 bits per heavy atom. The second kappa shape index (κ2) is 5.22. The molecule has 0 saturated heterocycles. The number of aromatic nitrogens is 2. The number of hydrogen-bond acceptors (Lipinski definition) is 6. The number of nitriles is 2. The van der Waals surface area contributed by atoms with E-state index < -0.39 is 17.3 Å². The Morgan fingerprint density at radius 3 is 2.27 bits per heavy atom. The number of hydrogen-bond donors (Lipinski definition) is 2. The fraction of sp³-hybridized carbons (Fsp3) is 0.0769. The molecule has 6 nitrogen and oxygen atoms in total. The number of nitrogen functional groups attached to an aromatic ring is 2. The molecule has 0 atom stereocenters. The van der Waals surface area contributed by atoms with Crippen LogP contribution in [0, 0.1) is 22.7 Å². The summed E-state index contributed by atoms with van der Waals surface area (Å²) in [4.78, 5) is 7.35. The minimum absolute atomic E-state index is 0.0383. The summed E-state index contributed by atoms with van der Waals surface area (Å²) in [6.45, 7) is 0. The standard InChI is InChI=1S/C13H7F3N6/c14-13(15,16)9-3-6(1-2-7(9)4-17)10-8(5-18)11(19)22-12(20)21-10/h1-3H,(H4,19,20,21,22). The van der Waals surface area contributed by atoms with Crippen molar-refractivity contribution in [2.75, 3.05) is 11.5 Å². The van der Waals surface area contributed by atoms with Crippen molar-refractivity contribution < 1.29 is 13.2 Å². The van der Waals surface area contributed by atoms with Gasteiger partial charge in [0.15, 0.2) is 0 Å². The maximum absolute atomic E-state index is 13.0. The van der Waals surface area contributed by atoms with E-state index in [1.54, 1.807) is 6.07 Å². The van der Waals surface area contributed by atoms with Crippen LogP contribution in [0.5, 0.6) is 0 Å². The lowest BCUT2D eigenvalue weighted by atomic mass is 10.00. The minimum atomic E-state index is -4.72. The molecule has 110 valence electrons. The fourth-order valence-electron chi connectivity index (χ4n) is 1.84. The Morgan fingerprint density at radius 2 is 1.73 bits per heavy atom. The SMILES string of the molecule is N#Cc1ccc(-c2nc(N)nc(N)c2C#N)cc1C(F)(F)F. The van der Waals surface area contributed by atoms with Gasteiger partial charge in [0.05, 0.1) is 22.9 Å². The van der Waals surface area contributed by atoms with Gasteiger partial charge in [-0.05, 0) is 12.1 Å². The second-order valence-electron chi connectivity index (χ2n) is 4.17. The van der Waals surface area contributed by atoms with E-state index in [0.717, 1.165) is 12.1 Å². The first-order valence-electron chi connectivity index (χ1n) is 5.72. The van der Waals surface area contributed by atoms with E-state index in [1.807, 2.05) is 0 Å². The maximum Gasteiger partial charge on any atom is 0.417 e. The monoisotopic (exact) mass is 304 g/mol. The zero-order chi connectivity index (χ0) is 16.5. The summed E-state index contributed by atoms with van der Waals surface area (Å²) in [6, 6.07) is 6.14. The maximum atomic E-state index is 13.0. The van der Waals surface area contributed by atoms with E-state index >= 15 is 0 Å². The second-order valence-corrected chi connectivity index (χ2v) is 4.17. The van der Waals surface area contributed by atoms with Crippen LogP contribution in [0.4, 0.5) is 24.9 Å². The number of nitrogens with two attached hydrogens (primary N) is 2. The van der Waals surface area contributed by atoms with Crippen molar-refractivity contribution in [1.82, 2.24) is 9.97 Å². The number of nitrogens with zero attached hydrogens (tertiary/aromatic N) is 4. The summed E-state index contributed by atoms with van der Waals surface area (Å²) < 4.78 is 38.9. The van der Waals surface area contributed by atoms with Crippen LogP contribution < -0.4 is 11.5 Å². The van der Waals surface area contributed by atoms with Crippen molar-refractivity contribution in [3.63, 3.8) is 0 Å². The molecular formula is C13H7F3N6. The summed E-state index contributed by atoms with van der Waals surface area (Å²) in [5.74, 6) is -0.507. The molecule has 4 N–H and O–H groups in total. The van der Waals surface area contributed by atoms with Gasteiger partial charge in [-0.1, -0.05) is 6.07 Å². The topological polar surface area (TPSA) is 125 Å². The molecular weight excluding hydrogens is 297 g/mol. The quantitative estimate of drug-likeness (QED) is 0.830. The summed E-state index contributed by atoms with van der Waals surface area (Å²) in [7, 11) is 0. The molecule has 0 aliphatic heterocycles. The third kappa shape index (κ3) is 2.60. The summed E-state index contributed by atoms with van der Waals surface area (Å²) in [6.07, 6.45) is -4.72. The van der Waals surface area contributed by atoms with Gasteiger partial charge in [0, 0.05) is 5.56 Å². The average Bonchev–Trinajstić information content (AvgIpc) is 2.45. The van der Waals surface area contributed by atoms with E-state index in [9.17, 15) is 13.2 Å². The van der Waals surface area contributed by atoms with Crippen molar-refractivity contribution in [3.8, 4) is 23.4 Å². The number of benzene rings is 1. The van der Waals surface area contributed by atoms with E-state index in [1.165, 1.54) is 12.1 Å². The average molecular weight is 304 g/mol. The Balaban J connectivity index is 2.76. The third-order valence-corrected chi connectivity index (χ3v) is 2.78. The smallest absolute Gasteiger partial charge is 0.382 e. The van der Waals surface area contributed by atoms with Crippen molar-refractivity contribution in [2.24, 2.45) is 0 Å². The van der Waals surface area contributed by atoms with Crippen LogP contribution in [0.3, 0.4) is 0 Å². The van der Waals surface area contributed by atoms with Gasteiger partial charge in [-0.3, -0.25) is 0 Å². The van der Waals surface area contributed by atoms with E-state index in [-0.39, 0.29) is 28.6 Å². The van der Waals surface area contributed by atoms with Gasteiger partial charge in [-0.15, -0.1) is 0 Å². The highest BCUT2D eigenvalue weighted by molar-refractivity contribution is 5.74. The molecule has 0 radical (unpaired) electrons. The van der Waals surface area contributed by atoms with E-state index in [2.05, 4.69) is 9.97 Å². The van der Waals surface area contributed by atoms with Gasteiger partial charge in [-0.2, -0.15) is 28.7 Å². The van der Waals surface area contributed by atoms with Crippen molar-refractivity contribution in [2.45, 2.75) is 6.18 Å². The molecule has 0 fully saturated rings. The van der Waals surface area contributed by atoms with E-state index in [0.29, 0.717) is 0 Å². The Bertz CT molecular complexity index is 829. The summed E-state index contributed by atoms with van der Waals surface area (Å²) >= 11 is 0. The lowest BCUT2D eigenvalue weighted by molar-refractivity contribution is -0.137. The molecule has 0 saturated carbocycles. The Kier molecular flexibility index (Phi) is 3.57. The number of rotatable bonds is 1. The van der Waals surface area contributed by atoms with Gasteiger partial charge in [-0.25, -0.2) is 4.98 Å². The predicted octanol–water partition coefficient (Wildman–Crippen LogP) is 2.07. The molecule has 2 rings (SSSR count). The normalized spacial score (nSPS) is 10.8. The van der Waals surface area contributed by atoms with Gasteiger partial charge in [0.1, 0.15) is 17.5 Å². The third-order valence-electron chi connectivity index (χ3n) is 2.78. The van der Waals surface area contributed by atoms with Crippen LogP contribution in [0.25, 0.3) is 11.3 Å². The first-order valence-corrected chi connectivity index (χ1v) is 5.72. The minimum Gasteiger partial charge on any atom is -0.382 e. The molecule has 9 heteroatoms. The molecule has 0 aliphatic carbocycles. The number of alkyl halides is 3. The van der Waals surface area contributed by atoms with Crippen LogP contribution in [0.2, 0.25) is 0 Å². The first-order chi connectivity index (χ1) is 10.3. The van der Waals surface area contributed by atoms with Crippen molar-refractivity contribution in [3.05, 3.63) is 34.9 Å². The molecule has 1 aromatic carbocycles. The van der Waals surface area contributed by atoms with Crippen LogP contribution >= 0.6 is 0 Å². The van der Waals surface area contributed by atoms with Gasteiger partial charge < -0.3 is 11.5 Å². The molecule has 0 spiro atoms. The zero-order valence-corrected chi connectivity index (χ0v) is 10.8. The highest BCUT2D eigenvalue weighted by atomic mass is 19.4. The molecule has 0 unspecified atom stereocenters. The van der Waals surface area contributed by atoms with Crippen LogP contribution in [-0.4, -0.2) is 9.97 Å².